The summed E-state index contributed by atoms with van der Waals surface area (Å²) in [5.74, 6) is 1.54. The number of anilines is 1. The summed E-state index contributed by atoms with van der Waals surface area (Å²) >= 11 is 0. The molecule has 1 aromatic heterocycles. The summed E-state index contributed by atoms with van der Waals surface area (Å²) in [4.78, 5) is 4.34. The average molecular weight is 214 g/mol. The molecule has 0 saturated heterocycles. The minimum Gasteiger partial charge on any atom is -0.455 e. The van der Waals surface area contributed by atoms with Crippen molar-refractivity contribution in [1.29, 1.82) is 0 Å². The molecule has 3 nitrogen and oxygen atoms in total. The Morgan fingerprint density at radius 2 is 1.69 bits per heavy atom. The van der Waals surface area contributed by atoms with E-state index in [4.69, 9.17) is 10.5 Å². The first kappa shape index (κ1) is 10.5. The zero-order chi connectivity index (χ0) is 11.5. The van der Waals surface area contributed by atoms with Gasteiger partial charge in [-0.3, -0.25) is 4.98 Å². The van der Waals surface area contributed by atoms with Crippen LogP contribution >= 0.6 is 0 Å². The molecule has 2 rings (SSSR count). The van der Waals surface area contributed by atoms with Crippen LogP contribution in [0.25, 0.3) is 0 Å². The molecule has 0 amide bonds. The van der Waals surface area contributed by atoms with Crippen LogP contribution in [0.2, 0.25) is 0 Å². The van der Waals surface area contributed by atoms with Gasteiger partial charge in [-0.2, -0.15) is 0 Å². The van der Waals surface area contributed by atoms with Crippen molar-refractivity contribution in [3.8, 4) is 11.5 Å². The second kappa shape index (κ2) is 4.23. The van der Waals surface area contributed by atoms with Gasteiger partial charge in [0, 0.05) is 11.4 Å². The summed E-state index contributed by atoms with van der Waals surface area (Å²) in [6.07, 6.45) is 0. The van der Waals surface area contributed by atoms with Crippen LogP contribution in [0.4, 0.5) is 5.69 Å². The summed E-state index contributed by atoms with van der Waals surface area (Å²) in [5.41, 5.74) is 8.20. The van der Waals surface area contributed by atoms with Gasteiger partial charge in [0.1, 0.15) is 11.5 Å². The van der Waals surface area contributed by atoms with Crippen LogP contribution in [-0.4, -0.2) is 4.98 Å². The van der Waals surface area contributed by atoms with Crippen molar-refractivity contribution >= 4 is 5.69 Å². The maximum Gasteiger partial charge on any atom is 0.148 e. The lowest BCUT2D eigenvalue weighted by atomic mass is 10.3. The fourth-order valence-corrected chi connectivity index (χ4v) is 1.44. The van der Waals surface area contributed by atoms with Crippen LogP contribution in [0.1, 0.15) is 11.4 Å². The predicted molar refractivity (Wildman–Crippen MR) is 64.6 cm³/mol. The van der Waals surface area contributed by atoms with Crippen molar-refractivity contribution in [2.75, 3.05) is 5.73 Å². The molecular formula is C13H14N2O. The number of ether oxygens (including phenoxy) is 1. The Labute approximate surface area is 94.9 Å². The van der Waals surface area contributed by atoms with Gasteiger partial charge >= 0.3 is 0 Å². The maximum atomic E-state index is 5.70. The summed E-state index contributed by atoms with van der Waals surface area (Å²) in [5, 5.41) is 0. The van der Waals surface area contributed by atoms with E-state index in [1.807, 2.05) is 50.2 Å². The molecule has 16 heavy (non-hydrogen) atoms. The van der Waals surface area contributed by atoms with Crippen molar-refractivity contribution in [1.82, 2.24) is 4.98 Å². The monoisotopic (exact) mass is 214 g/mol. The molecule has 2 aromatic rings. The highest BCUT2D eigenvalue weighted by atomic mass is 16.5. The first-order valence-corrected chi connectivity index (χ1v) is 5.13. The number of nitrogens with zero attached hydrogens (tertiary/aromatic N) is 1. The van der Waals surface area contributed by atoms with Gasteiger partial charge in [-0.25, -0.2) is 0 Å². The van der Waals surface area contributed by atoms with E-state index in [-0.39, 0.29) is 0 Å². The lowest BCUT2D eigenvalue weighted by Gasteiger charge is -2.08. The third-order valence-electron chi connectivity index (χ3n) is 2.28. The molecule has 0 aliphatic carbocycles. The third-order valence-corrected chi connectivity index (χ3v) is 2.28. The van der Waals surface area contributed by atoms with Gasteiger partial charge in [0.2, 0.25) is 0 Å². The van der Waals surface area contributed by atoms with Crippen LogP contribution in [-0.2, 0) is 0 Å². The number of hydrogen-bond acceptors (Lipinski definition) is 3. The molecule has 0 fully saturated rings. The molecule has 82 valence electrons. The number of rotatable bonds is 2. The second-order valence-electron chi connectivity index (χ2n) is 3.71. The van der Waals surface area contributed by atoms with Crippen molar-refractivity contribution in [3.63, 3.8) is 0 Å². The van der Waals surface area contributed by atoms with Gasteiger partial charge in [-0.05, 0) is 50.2 Å². The van der Waals surface area contributed by atoms with Crippen LogP contribution in [0.5, 0.6) is 11.5 Å². The third kappa shape index (κ3) is 2.31. The summed E-state index contributed by atoms with van der Waals surface area (Å²) in [6.45, 7) is 3.89. The minimum absolute atomic E-state index is 0.728. The van der Waals surface area contributed by atoms with E-state index in [1.54, 1.807) is 0 Å². The molecule has 0 bridgehead atoms. The number of benzene rings is 1. The average Bonchev–Trinajstić information content (AvgIpc) is 2.25. The molecule has 1 aromatic carbocycles. The highest BCUT2D eigenvalue weighted by molar-refractivity contribution is 5.43. The highest BCUT2D eigenvalue weighted by Gasteiger charge is 2.02. The van der Waals surface area contributed by atoms with Crippen LogP contribution < -0.4 is 10.5 Å². The zero-order valence-corrected chi connectivity index (χ0v) is 9.40. The van der Waals surface area contributed by atoms with Gasteiger partial charge in [0.05, 0.1) is 5.69 Å². The zero-order valence-electron chi connectivity index (χ0n) is 9.40. The van der Waals surface area contributed by atoms with E-state index in [1.165, 1.54) is 0 Å². The quantitative estimate of drug-likeness (QED) is 0.781. The molecule has 0 atom stereocenters. The van der Waals surface area contributed by atoms with Gasteiger partial charge < -0.3 is 10.5 Å². The minimum atomic E-state index is 0.728. The second-order valence-corrected chi connectivity index (χ2v) is 3.71. The molecule has 0 aliphatic rings. The van der Waals surface area contributed by atoms with E-state index >= 15 is 0 Å². The van der Waals surface area contributed by atoms with Gasteiger partial charge in [0.25, 0.3) is 0 Å². The van der Waals surface area contributed by atoms with Crippen molar-refractivity contribution in [3.05, 3.63) is 47.8 Å². The number of nitrogens with two attached hydrogens (primary N) is 1. The maximum absolute atomic E-state index is 5.70. The molecule has 1 heterocycles. The van der Waals surface area contributed by atoms with Crippen LogP contribution in [0.3, 0.4) is 0 Å². The number of nitrogen functional groups attached to an aromatic ring is 1. The topological polar surface area (TPSA) is 48.1 Å². The number of aryl methyl sites for hydroxylation is 2. The Morgan fingerprint density at radius 3 is 2.31 bits per heavy atom. The SMILES string of the molecule is Cc1ccc(Oc2ccc(N)cc2)c(C)n1. The fourth-order valence-electron chi connectivity index (χ4n) is 1.44. The predicted octanol–water partition coefficient (Wildman–Crippen LogP) is 3.07. The van der Waals surface area contributed by atoms with Crippen LogP contribution in [0, 0.1) is 13.8 Å². The molecule has 2 N–H and O–H groups in total. The van der Waals surface area contributed by atoms with Crippen molar-refractivity contribution < 1.29 is 4.74 Å². The van der Waals surface area contributed by atoms with Crippen molar-refractivity contribution in [2.45, 2.75) is 13.8 Å². The van der Waals surface area contributed by atoms with E-state index < -0.39 is 0 Å². The van der Waals surface area contributed by atoms with E-state index in [0.717, 1.165) is 28.6 Å². The Hall–Kier alpha value is -2.03. The first-order valence-electron chi connectivity index (χ1n) is 5.13. The smallest absolute Gasteiger partial charge is 0.148 e. The largest absolute Gasteiger partial charge is 0.455 e. The Balaban J connectivity index is 2.23. The van der Waals surface area contributed by atoms with E-state index in [9.17, 15) is 0 Å². The van der Waals surface area contributed by atoms with Crippen molar-refractivity contribution in [2.24, 2.45) is 0 Å². The molecule has 0 unspecified atom stereocenters. The lowest BCUT2D eigenvalue weighted by molar-refractivity contribution is 0.475. The normalized spacial score (nSPS) is 10.1. The van der Waals surface area contributed by atoms with E-state index in [0.29, 0.717) is 0 Å². The summed E-state index contributed by atoms with van der Waals surface area (Å²) in [7, 11) is 0. The number of aromatic nitrogens is 1. The number of pyridine rings is 1. The summed E-state index contributed by atoms with van der Waals surface area (Å²) < 4.78 is 5.70. The first-order chi connectivity index (χ1) is 7.65. The molecule has 0 aliphatic heterocycles. The molecule has 0 saturated carbocycles. The van der Waals surface area contributed by atoms with E-state index in [2.05, 4.69) is 4.98 Å². The number of hydrogen-bond donors (Lipinski definition) is 1. The fraction of sp³-hybridized carbons (Fsp3) is 0.154. The Morgan fingerprint density at radius 1 is 1.00 bits per heavy atom. The Kier molecular flexibility index (Phi) is 2.77. The highest BCUT2D eigenvalue weighted by Crippen LogP contribution is 2.24. The molecule has 0 spiro atoms. The molecule has 0 radical (unpaired) electrons. The standard InChI is InChI=1S/C13H14N2O/c1-9-3-8-13(10(2)15-9)16-12-6-4-11(14)5-7-12/h3-8H,14H2,1-2H3. The molecule has 3 heteroatoms. The van der Waals surface area contributed by atoms with Crippen LogP contribution in [0.15, 0.2) is 36.4 Å². The lowest BCUT2D eigenvalue weighted by Crippen LogP contribution is -1.92. The molecular weight excluding hydrogens is 200 g/mol. The Bertz CT molecular complexity index is 492. The van der Waals surface area contributed by atoms with Gasteiger partial charge in [-0.1, -0.05) is 0 Å². The van der Waals surface area contributed by atoms with Gasteiger partial charge in [-0.15, -0.1) is 0 Å². The summed E-state index contributed by atoms with van der Waals surface area (Å²) in [6, 6.07) is 11.2. The van der Waals surface area contributed by atoms with Gasteiger partial charge in [0.15, 0.2) is 0 Å².